The number of aryl methyl sites for hydroxylation is 1. The third-order valence-corrected chi connectivity index (χ3v) is 4.23. The van der Waals surface area contributed by atoms with Crippen molar-refractivity contribution in [3.63, 3.8) is 0 Å². The largest absolute Gasteiger partial charge is 0.459 e. The van der Waals surface area contributed by atoms with Gasteiger partial charge >= 0.3 is 6.01 Å². The first-order chi connectivity index (χ1) is 13.2. The summed E-state index contributed by atoms with van der Waals surface area (Å²) in [6, 6.07) is 5.39. The lowest BCUT2D eigenvalue weighted by Crippen LogP contribution is -2.49. The molecule has 1 aliphatic heterocycles. The first-order valence-corrected chi connectivity index (χ1v) is 8.61. The Morgan fingerprint density at radius 1 is 1.22 bits per heavy atom. The van der Waals surface area contributed by atoms with E-state index in [1.54, 1.807) is 18.3 Å². The van der Waals surface area contributed by atoms with E-state index < -0.39 is 0 Å². The van der Waals surface area contributed by atoms with E-state index in [9.17, 15) is 4.79 Å². The van der Waals surface area contributed by atoms with Gasteiger partial charge in [-0.25, -0.2) is 9.97 Å². The van der Waals surface area contributed by atoms with Crippen LogP contribution in [-0.4, -0.2) is 63.7 Å². The van der Waals surface area contributed by atoms with Gasteiger partial charge < -0.3 is 13.7 Å². The first kappa shape index (κ1) is 17.2. The molecular weight excluding hydrogens is 350 g/mol. The van der Waals surface area contributed by atoms with Crippen LogP contribution in [0, 0.1) is 6.92 Å². The van der Waals surface area contributed by atoms with Crippen molar-refractivity contribution in [2.75, 3.05) is 42.9 Å². The van der Waals surface area contributed by atoms with Crippen LogP contribution in [0.15, 0.2) is 39.5 Å². The molecule has 10 heteroatoms. The molecule has 4 rings (SSSR count). The number of anilines is 2. The molecule has 1 amide bonds. The summed E-state index contributed by atoms with van der Waals surface area (Å²) in [6.07, 6.45) is 3.28. The van der Waals surface area contributed by atoms with Crippen LogP contribution in [0.5, 0.6) is 0 Å². The summed E-state index contributed by atoms with van der Waals surface area (Å²) in [4.78, 5) is 25.1. The standard InChI is InChI=1S/C17H19N7O3/c1-12-18-5-4-14(19-12)24-8-6-23(7-9-24)11-15(25)20-17-22-21-16(27-17)13-3-2-10-26-13/h2-5,10H,6-9,11H2,1H3,(H,20,22,25). The van der Waals surface area contributed by atoms with Crippen molar-refractivity contribution in [3.05, 3.63) is 36.5 Å². The molecule has 1 aliphatic rings. The zero-order chi connectivity index (χ0) is 18.6. The van der Waals surface area contributed by atoms with Gasteiger partial charge in [-0.05, 0) is 25.1 Å². The monoisotopic (exact) mass is 369 g/mol. The van der Waals surface area contributed by atoms with Crippen LogP contribution in [0.2, 0.25) is 0 Å². The number of aromatic nitrogens is 4. The molecule has 0 bridgehead atoms. The summed E-state index contributed by atoms with van der Waals surface area (Å²) in [5, 5.41) is 10.3. The summed E-state index contributed by atoms with van der Waals surface area (Å²) in [5.74, 6) is 2.16. The second-order valence-corrected chi connectivity index (χ2v) is 6.16. The topological polar surface area (TPSA) is 113 Å². The fourth-order valence-corrected chi connectivity index (χ4v) is 2.89. The van der Waals surface area contributed by atoms with E-state index in [2.05, 4.69) is 35.3 Å². The number of furan rings is 1. The van der Waals surface area contributed by atoms with Gasteiger partial charge in [0.1, 0.15) is 11.6 Å². The Balaban J connectivity index is 1.27. The van der Waals surface area contributed by atoms with Crippen molar-refractivity contribution >= 4 is 17.7 Å². The Morgan fingerprint density at radius 2 is 2.07 bits per heavy atom. The minimum absolute atomic E-state index is 0.0569. The molecule has 3 aromatic heterocycles. The van der Waals surface area contributed by atoms with Crippen molar-refractivity contribution in [2.24, 2.45) is 0 Å². The molecule has 27 heavy (non-hydrogen) atoms. The SMILES string of the molecule is Cc1nccc(N2CCN(CC(=O)Nc3nnc(-c4ccco4)o3)CC2)n1. The van der Waals surface area contributed by atoms with Crippen molar-refractivity contribution in [2.45, 2.75) is 6.92 Å². The maximum atomic E-state index is 12.2. The molecule has 0 atom stereocenters. The predicted molar refractivity (Wildman–Crippen MR) is 96.1 cm³/mol. The number of amides is 1. The molecule has 3 aromatic rings. The van der Waals surface area contributed by atoms with Crippen LogP contribution >= 0.6 is 0 Å². The molecule has 0 aliphatic carbocycles. The minimum atomic E-state index is -0.198. The van der Waals surface area contributed by atoms with E-state index in [4.69, 9.17) is 8.83 Å². The molecule has 1 N–H and O–H groups in total. The van der Waals surface area contributed by atoms with Gasteiger partial charge in [0.25, 0.3) is 5.89 Å². The maximum absolute atomic E-state index is 12.2. The molecule has 1 fully saturated rings. The molecule has 1 saturated heterocycles. The number of hydrogen-bond donors (Lipinski definition) is 1. The number of rotatable bonds is 5. The third-order valence-electron chi connectivity index (χ3n) is 4.23. The molecule has 0 unspecified atom stereocenters. The van der Waals surface area contributed by atoms with Crippen molar-refractivity contribution < 1.29 is 13.6 Å². The molecular formula is C17H19N7O3. The average molecular weight is 369 g/mol. The van der Waals surface area contributed by atoms with Crippen LogP contribution < -0.4 is 10.2 Å². The van der Waals surface area contributed by atoms with E-state index in [-0.39, 0.29) is 24.4 Å². The molecule has 0 saturated carbocycles. The van der Waals surface area contributed by atoms with Gasteiger partial charge in [0.15, 0.2) is 5.76 Å². The Labute approximate surface area is 155 Å². The van der Waals surface area contributed by atoms with Gasteiger partial charge in [0.2, 0.25) is 5.91 Å². The Kier molecular flexibility index (Phi) is 4.79. The number of carbonyl (C=O) groups excluding carboxylic acids is 1. The van der Waals surface area contributed by atoms with Gasteiger partial charge in [-0.15, -0.1) is 5.10 Å². The fraction of sp³-hybridized carbons (Fsp3) is 0.353. The van der Waals surface area contributed by atoms with Crippen LogP contribution in [0.4, 0.5) is 11.8 Å². The quantitative estimate of drug-likeness (QED) is 0.708. The van der Waals surface area contributed by atoms with Gasteiger partial charge in [0, 0.05) is 32.4 Å². The van der Waals surface area contributed by atoms with Crippen LogP contribution in [0.25, 0.3) is 11.7 Å². The highest BCUT2D eigenvalue weighted by atomic mass is 16.4. The Morgan fingerprint density at radius 3 is 2.81 bits per heavy atom. The second kappa shape index (κ2) is 7.54. The first-order valence-electron chi connectivity index (χ1n) is 8.61. The zero-order valence-corrected chi connectivity index (χ0v) is 14.8. The summed E-state index contributed by atoms with van der Waals surface area (Å²) in [5.41, 5.74) is 0. The molecule has 0 aromatic carbocycles. The average Bonchev–Trinajstić information content (AvgIpc) is 3.34. The highest BCUT2D eigenvalue weighted by Crippen LogP contribution is 2.20. The third kappa shape index (κ3) is 4.11. The zero-order valence-electron chi connectivity index (χ0n) is 14.8. The maximum Gasteiger partial charge on any atom is 0.322 e. The molecule has 10 nitrogen and oxygen atoms in total. The predicted octanol–water partition coefficient (Wildman–Crippen LogP) is 1.19. The minimum Gasteiger partial charge on any atom is -0.459 e. The molecule has 140 valence electrons. The van der Waals surface area contributed by atoms with E-state index in [1.807, 2.05) is 13.0 Å². The lowest BCUT2D eigenvalue weighted by molar-refractivity contribution is -0.117. The van der Waals surface area contributed by atoms with E-state index in [1.165, 1.54) is 6.26 Å². The van der Waals surface area contributed by atoms with Crippen LogP contribution in [0.1, 0.15) is 5.82 Å². The normalized spacial score (nSPS) is 15.1. The highest BCUT2D eigenvalue weighted by molar-refractivity contribution is 5.90. The Bertz CT molecular complexity index is 901. The lowest BCUT2D eigenvalue weighted by atomic mass is 10.3. The smallest absolute Gasteiger partial charge is 0.322 e. The van der Waals surface area contributed by atoms with Crippen LogP contribution in [0.3, 0.4) is 0 Å². The van der Waals surface area contributed by atoms with Gasteiger partial charge in [0.05, 0.1) is 12.8 Å². The van der Waals surface area contributed by atoms with E-state index in [0.717, 1.165) is 37.8 Å². The number of nitrogens with one attached hydrogen (secondary N) is 1. The molecule has 0 radical (unpaired) electrons. The molecule has 4 heterocycles. The van der Waals surface area contributed by atoms with Gasteiger partial charge in [-0.1, -0.05) is 5.10 Å². The fourth-order valence-electron chi connectivity index (χ4n) is 2.89. The van der Waals surface area contributed by atoms with Crippen molar-refractivity contribution in [1.82, 2.24) is 25.1 Å². The highest BCUT2D eigenvalue weighted by Gasteiger charge is 2.21. The number of hydrogen-bond acceptors (Lipinski definition) is 9. The summed E-state index contributed by atoms with van der Waals surface area (Å²) in [7, 11) is 0. The van der Waals surface area contributed by atoms with Crippen LogP contribution in [-0.2, 0) is 4.79 Å². The summed E-state index contributed by atoms with van der Waals surface area (Å²) in [6.45, 7) is 5.25. The van der Waals surface area contributed by atoms with Gasteiger partial charge in [-0.3, -0.25) is 15.0 Å². The summed E-state index contributed by atoms with van der Waals surface area (Å²) < 4.78 is 10.6. The van der Waals surface area contributed by atoms with Gasteiger partial charge in [-0.2, -0.15) is 0 Å². The van der Waals surface area contributed by atoms with E-state index in [0.29, 0.717) is 5.76 Å². The van der Waals surface area contributed by atoms with Crippen molar-refractivity contribution in [3.8, 4) is 11.7 Å². The lowest BCUT2D eigenvalue weighted by Gasteiger charge is -2.34. The number of nitrogens with zero attached hydrogens (tertiary/aromatic N) is 6. The second-order valence-electron chi connectivity index (χ2n) is 6.16. The number of carbonyl (C=O) groups is 1. The Hall–Kier alpha value is -3.27. The molecule has 0 spiro atoms. The number of piperazine rings is 1. The van der Waals surface area contributed by atoms with Crippen molar-refractivity contribution in [1.29, 1.82) is 0 Å². The van der Waals surface area contributed by atoms with E-state index >= 15 is 0 Å². The summed E-state index contributed by atoms with van der Waals surface area (Å²) >= 11 is 0.